The molecule has 0 atom stereocenters. The van der Waals surface area contributed by atoms with E-state index >= 15 is 0 Å². The summed E-state index contributed by atoms with van der Waals surface area (Å²) in [6.07, 6.45) is 8.19. The lowest BCUT2D eigenvalue weighted by atomic mass is 9.86. The van der Waals surface area contributed by atoms with E-state index in [1.165, 1.54) is 18.4 Å². The third kappa shape index (κ3) is 5.03. The van der Waals surface area contributed by atoms with Gasteiger partial charge in [0.1, 0.15) is 5.82 Å². The summed E-state index contributed by atoms with van der Waals surface area (Å²) in [5, 5.41) is 8.33. The summed E-state index contributed by atoms with van der Waals surface area (Å²) in [5.41, 5.74) is 4.14. The number of nitrogens with zero attached hydrogens (tertiary/aromatic N) is 5. The third-order valence-corrected chi connectivity index (χ3v) is 6.48. The molecule has 0 unspecified atom stereocenters. The standard InChI is InChI=1S/C26H31N7/c1-33(2)25-21-5-3-4-6-22(21)31-26(32-25)30-20-10-7-18(8-11-20)16-27-17-19-9-12-23-24(15-19)29-14-13-28-23/h3-6,9,12-15,18,20,27H,7-8,10-11,16-17H2,1-2H3,(H,30,31,32). The van der Waals surface area contributed by atoms with Crippen molar-refractivity contribution < 1.29 is 0 Å². The number of benzene rings is 2. The molecule has 0 aliphatic heterocycles. The fraction of sp³-hybridized carbons (Fsp3) is 0.385. The Kier molecular flexibility index (Phi) is 6.30. The second-order valence-corrected chi connectivity index (χ2v) is 9.15. The van der Waals surface area contributed by atoms with Gasteiger partial charge >= 0.3 is 0 Å². The van der Waals surface area contributed by atoms with Gasteiger partial charge in [0.25, 0.3) is 0 Å². The van der Waals surface area contributed by atoms with Crippen molar-refractivity contribution in [1.82, 2.24) is 25.3 Å². The zero-order valence-electron chi connectivity index (χ0n) is 19.3. The van der Waals surface area contributed by atoms with Gasteiger partial charge in [-0.2, -0.15) is 4.98 Å². The molecule has 7 nitrogen and oxygen atoms in total. The van der Waals surface area contributed by atoms with Gasteiger partial charge in [0.2, 0.25) is 5.95 Å². The van der Waals surface area contributed by atoms with Crippen molar-refractivity contribution in [2.45, 2.75) is 38.3 Å². The SMILES string of the molecule is CN(C)c1nc(NC2CCC(CNCc3ccc4nccnc4c3)CC2)nc2ccccc12. The Hall–Kier alpha value is -3.32. The van der Waals surface area contributed by atoms with Gasteiger partial charge in [0.05, 0.1) is 16.6 Å². The summed E-state index contributed by atoms with van der Waals surface area (Å²) in [5.74, 6) is 2.40. The van der Waals surface area contributed by atoms with Crippen molar-refractivity contribution in [3.05, 3.63) is 60.4 Å². The minimum Gasteiger partial charge on any atom is -0.362 e. The van der Waals surface area contributed by atoms with Crippen LogP contribution in [0.5, 0.6) is 0 Å². The maximum Gasteiger partial charge on any atom is 0.225 e. The first-order chi connectivity index (χ1) is 16.2. The average molecular weight is 442 g/mol. The van der Waals surface area contributed by atoms with Crippen molar-refractivity contribution in [2.24, 2.45) is 5.92 Å². The van der Waals surface area contributed by atoms with E-state index in [9.17, 15) is 0 Å². The van der Waals surface area contributed by atoms with Crippen LogP contribution in [0.15, 0.2) is 54.9 Å². The predicted molar refractivity (Wildman–Crippen MR) is 134 cm³/mol. The van der Waals surface area contributed by atoms with Crippen LogP contribution in [0, 0.1) is 5.92 Å². The highest BCUT2D eigenvalue weighted by molar-refractivity contribution is 5.90. The molecule has 33 heavy (non-hydrogen) atoms. The highest BCUT2D eigenvalue weighted by atomic mass is 15.2. The van der Waals surface area contributed by atoms with Gasteiger partial charge in [-0.1, -0.05) is 18.2 Å². The Bertz CT molecular complexity index is 1230. The normalized spacial score (nSPS) is 18.5. The van der Waals surface area contributed by atoms with Gasteiger partial charge < -0.3 is 15.5 Å². The third-order valence-electron chi connectivity index (χ3n) is 6.48. The molecule has 1 fully saturated rings. The topological polar surface area (TPSA) is 78.9 Å². The maximum absolute atomic E-state index is 4.80. The number of para-hydroxylation sites is 1. The van der Waals surface area contributed by atoms with Crippen molar-refractivity contribution in [3.63, 3.8) is 0 Å². The molecule has 0 saturated heterocycles. The maximum atomic E-state index is 4.80. The monoisotopic (exact) mass is 441 g/mol. The molecule has 5 rings (SSSR count). The number of hydrogen-bond donors (Lipinski definition) is 2. The largest absolute Gasteiger partial charge is 0.362 e. The van der Waals surface area contributed by atoms with Crippen LogP contribution in [-0.4, -0.2) is 46.6 Å². The lowest BCUT2D eigenvalue weighted by molar-refractivity contribution is 0.324. The summed E-state index contributed by atoms with van der Waals surface area (Å²) in [7, 11) is 4.06. The second kappa shape index (κ2) is 9.67. The fourth-order valence-electron chi connectivity index (χ4n) is 4.70. The van der Waals surface area contributed by atoms with Gasteiger partial charge in [-0.3, -0.25) is 9.97 Å². The number of aromatic nitrogens is 4. The van der Waals surface area contributed by atoms with E-state index in [4.69, 9.17) is 9.97 Å². The van der Waals surface area contributed by atoms with Crippen molar-refractivity contribution in [1.29, 1.82) is 0 Å². The van der Waals surface area contributed by atoms with E-state index < -0.39 is 0 Å². The first-order valence-corrected chi connectivity index (χ1v) is 11.8. The Morgan fingerprint density at radius 1 is 0.879 bits per heavy atom. The molecule has 170 valence electrons. The summed E-state index contributed by atoms with van der Waals surface area (Å²) >= 11 is 0. The van der Waals surface area contributed by atoms with Crippen LogP contribution >= 0.6 is 0 Å². The van der Waals surface area contributed by atoms with Crippen LogP contribution in [0.4, 0.5) is 11.8 Å². The van der Waals surface area contributed by atoms with Gasteiger partial charge in [-0.05, 0) is 68.0 Å². The Morgan fingerprint density at radius 3 is 2.48 bits per heavy atom. The number of rotatable bonds is 7. The number of nitrogens with one attached hydrogen (secondary N) is 2. The van der Waals surface area contributed by atoms with Crippen molar-refractivity contribution in [3.8, 4) is 0 Å². The predicted octanol–water partition coefficient (Wildman–Crippen LogP) is 4.40. The average Bonchev–Trinajstić information content (AvgIpc) is 2.84. The summed E-state index contributed by atoms with van der Waals surface area (Å²) < 4.78 is 0. The first kappa shape index (κ1) is 21.5. The zero-order valence-corrected chi connectivity index (χ0v) is 19.3. The lowest BCUT2D eigenvalue weighted by Gasteiger charge is -2.29. The van der Waals surface area contributed by atoms with E-state index in [2.05, 4.69) is 49.8 Å². The molecule has 0 spiro atoms. The van der Waals surface area contributed by atoms with Crippen molar-refractivity contribution in [2.75, 3.05) is 30.9 Å². The van der Waals surface area contributed by atoms with Crippen LogP contribution in [0.1, 0.15) is 31.2 Å². The Morgan fingerprint density at radius 2 is 1.67 bits per heavy atom. The Labute approximate surface area is 194 Å². The molecular formula is C26H31N7. The molecule has 4 aromatic rings. The molecule has 1 aliphatic carbocycles. The molecule has 0 radical (unpaired) electrons. The molecule has 0 amide bonds. The van der Waals surface area contributed by atoms with Gasteiger partial charge in [-0.25, -0.2) is 4.98 Å². The van der Waals surface area contributed by atoms with E-state index in [0.717, 1.165) is 59.6 Å². The highest BCUT2D eigenvalue weighted by Crippen LogP contribution is 2.28. The van der Waals surface area contributed by atoms with Crippen LogP contribution in [0.3, 0.4) is 0 Å². The molecule has 2 aromatic carbocycles. The molecule has 7 heteroatoms. The molecular weight excluding hydrogens is 410 g/mol. The Balaban J connectivity index is 1.13. The molecule has 0 bridgehead atoms. The quantitative estimate of drug-likeness (QED) is 0.440. The van der Waals surface area contributed by atoms with E-state index in [-0.39, 0.29) is 0 Å². The number of anilines is 2. The van der Waals surface area contributed by atoms with Gasteiger partial charge in [0, 0.05) is 44.5 Å². The van der Waals surface area contributed by atoms with Crippen LogP contribution in [0.25, 0.3) is 21.9 Å². The summed E-state index contributed by atoms with van der Waals surface area (Å²) in [6, 6.07) is 14.9. The summed E-state index contributed by atoms with van der Waals surface area (Å²) in [6.45, 7) is 1.91. The van der Waals surface area contributed by atoms with Crippen molar-refractivity contribution >= 4 is 33.7 Å². The van der Waals surface area contributed by atoms with E-state index in [0.29, 0.717) is 12.0 Å². The number of fused-ring (bicyclic) bond motifs is 2. The second-order valence-electron chi connectivity index (χ2n) is 9.15. The lowest BCUT2D eigenvalue weighted by Crippen LogP contribution is -2.31. The zero-order chi connectivity index (χ0) is 22.6. The van der Waals surface area contributed by atoms with Gasteiger partial charge in [0.15, 0.2) is 0 Å². The van der Waals surface area contributed by atoms with E-state index in [1.54, 1.807) is 12.4 Å². The molecule has 1 saturated carbocycles. The molecule has 2 N–H and O–H groups in total. The first-order valence-electron chi connectivity index (χ1n) is 11.8. The minimum atomic E-state index is 0.427. The smallest absolute Gasteiger partial charge is 0.225 e. The molecule has 2 aromatic heterocycles. The van der Waals surface area contributed by atoms with E-state index in [1.807, 2.05) is 32.3 Å². The molecule has 1 aliphatic rings. The van der Waals surface area contributed by atoms with Gasteiger partial charge in [-0.15, -0.1) is 0 Å². The molecule has 2 heterocycles. The fourth-order valence-corrected chi connectivity index (χ4v) is 4.70. The number of hydrogen-bond acceptors (Lipinski definition) is 7. The minimum absolute atomic E-state index is 0.427. The highest BCUT2D eigenvalue weighted by Gasteiger charge is 2.22. The van der Waals surface area contributed by atoms with Crippen LogP contribution < -0.4 is 15.5 Å². The van der Waals surface area contributed by atoms with Crippen LogP contribution in [0.2, 0.25) is 0 Å². The van der Waals surface area contributed by atoms with Crippen LogP contribution in [-0.2, 0) is 6.54 Å². The summed E-state index contributed by atoms with van der Waals surface area (Å²) in [4.78, 5) is 20.4.